The van der Waals surface area contributed by atoms with Crippen LogP contribution in [0, 0.1) is 11.7 Å². The molecule has 2 atom stereocenters. The van der Waals surface area contributed by atoms with Crippen LogP contribution in [0.25, 0.3) is 11.1 Å². The van der Waals surface area contributed by atoms with Gasteiger partial charge in [0, 0.05) is 11.8 Å². The highest BCUT2D eigenvalue weighted by Gasteiger charge is 2.45. The summed E-state index contributed by atoms with van der Waals surface area (Å²) < 4.78 is 30.9. The molecule has 2 aliphatic heterocycles. The quantitative estimate of drug-likeness (QED) is 0.436. The van der Waals surface area contributed by atoms with E-state index in [1.54, 1.807) is 4.90 Å². The fourth-order valence-corrected chi connectivity index (χ4v) is 6.19. The summed E-state index contributed by atoms with van der Waals surface area (Å²) >= 11 is 0. The summed E-state index contributed by atoms with van der Waals surface area (Å²) in [7, 11) is 1.46. The van der Waals surface area contributed by atoms with Gasteiger partial charge in [0.05, 0.1) is 38.0 Å². The second-order valence-corrected chi connectivity index (χ2v) is 9.93. The van der Waals surface area contributed by atoms with Crippen LogP contribution in [0.15, 0.2) is 66.7 Å². The number of carbonyl (C=O) groups is 2. The molecule has 2 fully saturated rings. The van der Waals surface area contributed by atoms with E-state index in [2.05, 4.69) is 24.3 Å². The lowest BCUT2D eigenvalue weighted by molar-refractivity contribution is -0.0748. The van der Waals surface area contributed by atoms with Gasteiger partial charge in [-0.25, -0.2) is 9.18 Å². The average molecular weight is 502 g/mol. The van der Waals surface area contributed by atoms with E-state index in [1.165, 1.54) is 36.4 Å². The van der Waals surface area contributed by atoms with E-state index in [-0.39, 0.29) is 48.0 Å². The third kappa shape index (κ3) is 4.17. The molecule has 2 unspecified atom stereocenters. The molecule has 190 valence electrons. The van der Waals surface area contributed by atoms with Crippen LogP contribution in [0.5, 0.6) is 5.75 Å². The Morgan fingerprint density at radius 1 is 0.946 bits per heavy atom. The summed E-state index contributed by atoms with van der Waals surface area (Å²) in [5.41, 5.74) is 4.91. The van der Waals surface area contributed by atoms with E-state index >= 15 is 0 Å². The number of benzene rings is 3. The second kappa shape index (κ2) is 9.63. The van der Waals surface area contributed by atoms with Gasteiger partial charge in [-0.3, -0.25) is 9.69 Å². The molecule has 0 saturated carbocycles. The number of morpholine rings is 1. The van der Waals surface area contributed by atoms with E-state index in [4.69, 9.17) is 14.2 Å². The number of hydrogen-bond acceptors (Lipinski definition) is 5. The van der Waals surface area contributed by atoms with E-state index in [9.17, 15) is 14.0 Å². The molecule has 3 aromatic rings. The minimum atomic E-state index is -0.483. The Balaban J connectivity index is 1.17. The van der Waals surface area contributed by atoms with Gasteiger partial charge >= 0.3 is 6.09 Å². The van der Waals surface area contributed by atoms with Crippen molar-refractivity contribution in [3.8, 4) is 16.9 Å². The molecule has 0 spiro atoms. The molecular weight excluding hydrogens is 473 g/mol. The molecule has 3 aliphatic rings. The smallest absolute Gasteiger partial charge is 0.410 e. The molecule has 3 aromatic carbocycles. The van der Waals surface area contributed by atoms with E-state index < -0.39 is 5.82 Å². The van der Waals surface area contributed by atoms with Crippen molar-refractivity contribution in [3.63, 3.8) is 0 Å². The Labute approximate surface area is 214 Å². The zero-order chi connectivity index (χ0) is 25.5. The molecule has 0 aromatic heterocycles. The third-order valence-electron chi connectivity index (χ3n) is 7.87. The van der Waals surface area contributed by atoms with Gasteiger partial charge in [-0.15, -0.1) is 0 Å². The topological polar surface area (TPSA) is 65.1 Å². The minimum absolute atomic E-state index is 0.0213. The molecule has 37 heavy (non-hydrogen) atoms. The maximum atomic E-state index is 13.9. The van der Waals surface area contributed by atoms with E-state index in [0.717, 1.165) is 11.1 Å². The van der Waals surface area contributed by atoms with Crippen LogP contribution < -0.4 is 4.74 Å². The molecule has 6 nitrogen and oxygen atoms in total. The number of halogens is 1. The largest absolute Gasteiger partial charge is 0.496 e. The van der Waals surface area contributed by atoms with Crippen LogP contribution in [0.2, 0.25) is 0 Å². The van der Waals surface area contributed by atoms with Crippen molar-refractivity contribution in [2.24, 2.45) is 5.92 Å². The number of amides is 1. The zero-order valence-electron chi connectivity index (χ0n) is 20.6. The summed E-state index contributed by atoms with van der Waals surface area (Å²) in [4.78, 5) is 28.5. The minimum Gasteiger partial charge on any atom is -0.496 e. The number of nitrogens with zero attached hydrogens (tertiary/aromatic N) is 1. The molecule has 2 bridgehead atoms. The number of carbonyl (C=O) groups excluding carboxylic acids is 2. The summed E-state index contributed by atoms with van der Waals surface area (Å²) in [5, 5.41) is 0. The van der Waals surface area contributed by atoms with Gasteiger partial charge in [0.15, 0.2) is 5.78 Å². The number of ether oxygens (including phenoxy) is 3. The fourth-order valence-electron chi connectivity index (χ4n) is 6.19. The highest BCUT2D eigenvalue weighted by Crippen LogP contribution is 2.45. The number of fused-ring (bicyclic) bond motifs is 5. The van der Waals surface area contributed by atoms with E-state index in [0.29, 0.717) is 31.8 Å². The van der Waals surface area contributed by atoms with Crippen molar-refractivity contribution in [3.05, 3.63) is 89.2 Å². The average Bonchev–Trinajstić information content (AvgIpc) is 3.24. The first-order valence-corrected chi connectivity index (χ1v) is 12.6. The van der Waals surface area contributed by atoms with Gasteiger partial charge in [-0.2, -0.15) is 0 Å². The molecule has 2 saturated heterocycles. The van der Waals surface area contributed by atoms with Crippen LogP contribution in [0.1, 0.15) is 40.2 Å². The van der Waals surface area contributed by atoms with Crippen molar-refractivity contribution in [1.29, 1.82) is 0 Å². The van der Waals surface area contributed by atoms with Crippen LogP contribution in [-0.2, 0) is 9.47 Å². The van der Waals surface area contributed by atoms with Crippen molar-refractivity contribution < 1.29 is 28.2 Å². The first kappa shape index (κ1) is 23.7. The van der Waals surface area contributed by atoms with Gasteiger partial charge in [-0.1, -0.05) is 48.5 Å². The highest BCUT2D eigenvalue weighted by molar-refractivity contribution is 6.00. The number of Topliss-reactive ketones (excluding diaryl/α,β-unsaturated/α-hetero) is 1. The van der Waals surface area contributed by atoms with Crippen LogP contribution in [0.4, 0.5) is 9.18 Å². The number of ketones is 1. The number of methoxy groups -OCH3 is 1. The Kier molecular flexibility index (Phi) is 6.16. The van der Waals surface area contributed by atoms with Gasteiger partial charge in [0.2, 0.25) is 0 Å². The Morgan fingerprint density at radius 3 is 2.19 bits per heavy atom. The number of hydrogen-bond donors (Lipinski definition) is 0. The SMILES string of the molecule is COc1ccc(F)cc1C(=O)C1CC2COCC(C1)N2C(=O)OCC1c2ccccc2-c2ccccc21. The molecule has 1 aliphatic carbocycles. The Bertz CT molecular complexity index is 1300. The van der Waals surface area contributed by atoms with Crippen molar-refractivity contribution >= 4 is 11.9 Å². The van der Waals surface area contributed by atoms with Crippen molar-refractivity contribution in [2.45, 2.75) is 30.8 Å². The second-order valence-electron chi connectivity index (χ2n) is 9.93. The molecule has 7 heteroatoms. The molecular formula is C30H28FNO5. The summed E-state index contributed by atoms with van der Waals surface area (Å²) in [6, 6.07) is 19.9. The standard InChI is InChI=1S/C30H28FNO5/c1-35-28-11-10-19(31)14-26(28)29(33)18-12-20-15-36-16-21(13-18)32(20)30(34)37-17-27-24-8-4-2-6-22(24)23-7-3-5-9-25(23)27/h2-11,14,18,20-21,27H,12-13,15-17H2,1H3. The lowest BCUT2D eigenvalue weighted by Crippen LogP contribution is -2.60. The monoisotopic (exact) mass is 501 g/mol. The third-order valence-corrected chi connectivity index (χ3v) is 7.87. The summed E-state index contributed by atoms with van der Waals surface area (Å²) in [5.74, 6) is -0.671. The number of rotatable bonds is 5. The Morgan fingerprint density at radius 2 is 1.57 bits per heavy atom. The molecule has 0 radical (unpaired) electrons. The number of piperidine rings is 1. The van der Waals surface area contributed by atoms with Crippen molar-refractivity contribution in [2.75, 3.05) is 26.9 Å². The highest BCUT2D eigenvalue weighted by atomic mass is 19.1. The lowest BCUT2D eigenvalue weighted by atomic mass is 9.80. The van der Waals surface area contributed by atoms with Crippen molar-refractivity contribution in [1.82, 2.24) is 4.90 Å². The normalized spacial score (nSPS) is 22.2. The van der Waals surface area contributed by atoms with Gasteiger partial charge < -0.3 is 14.2 Å². The van der Waals surface area contributed by atoms with Crippen LogP contribution >= 0.6 is 0 Å². The first-order valence-electron chi connectivity index (χ1n) is 12.6. The predicted octanol–water partition coefficient (Wildman–Crippen LogP) is 5.45. The fraction of sp³-hybridized carbons (Fsp3) is 0.333. The molecule has 2 heterocycles. The Hall–Kier alpha value is -3.71. The van der Waals surface area contributed by atoms with Gasteiger partial charge in [0.1, 0.15) is 18.2 Å². The van der Waals surface area contributed by atoms with Gasteiger partial charge in [-0.05, 0) is 53.3 Å². The molecule has 0 N–H and O–H groups in total. The van der Waals surface area contributed by atoms with Gasteiger partial charge in [0.25, 0.3) is 0 Å². The van der Waals surface area contributed by atoms with Crippen LogP contribution in [-0.4, -0.2) is 55.8 Å². The first-order chi connectivity index (χ1) is 18.0. The molecule has 1 amide bonds. The summed E-state index contributed by atoms with van der Waals surface area (Å²) in [6.07, 6.45) is 0.479. The zero-order valence-corrected chi connectivity index (χ0v) is 20.6. The molecule has 6 rings (SSSR count). The lowest BCUT2D eigenvalue weighted by Gasteiger charge is -2.47. The van der Waals surface area contributed by atoms with E-state index in [1.807, 2.05) is 24.3 Å². The maximum Gasteiger partial charge on any atom is 0.410 e. The maximum absolute atomic E-state index is 13.9. The predicted molar refractivity (Wildman–Crippen MR) is 135 cm³/mol. The summed E-state index contributed by atoms with van der Waals surface area (Å²) in [6.45, 7) is 0.919. The van der Waals surface area contributed by atoms with Crippen LogP contribution in [0.3, 0.4) is 0 Å².